The largest absolute Gasteiger partial charge is 0.478 e. The van der Waals surface area contributed by atoms with Crippen molar-refractivity contribution in [3.05, 3.63) is 119 Å². The number of hydrogen-bond acceptors (Lipinski definition) is 8. The normalized spacial score (nSPS) is 16.0. The number of pyridine rings is 2. The Morgan fingerprint density at radius 1 is 0.698 bits per heavy atom. The molecule has 4 aromatic rings. The summed E-state index contributed by atoms with van der Waals surface area (Å²) in [5, 5.41) is 0. The maximum atomic E-state index is 13.2. The molecule has 8 heteroatoms. The van der Waals surface area contributed by atoms with E-state index in [1.807, 2.05) is 60.7 Å². The molecule has 0 saturated carbocycles. The van der Waals surface area contributed by atoms with Gasteiger partial charge in [0, 0.05) is 47.1 Å². The molecule has 0 fully saturated rings. The highest BCUT2D eigenvalue weighted by Gasteiger charge is 2.48. The van der Waals surface area contributed by atoms with Gasteiger partial charge in [0.1, 0.15) is 12.4 Å². The van der Waals surface area contributed by atoms with Crippen molar-refractivity contribution in [2.75, 3.05) is 19.8 Å². The summed E-state index contributed by atoms with van der Waals surface area (Å²) in [7, 11) is 0. The number of unbranched alkanes of at least 4 members (excludes halogenated alkanes) is 6. The molecule has 2 aliphatic rings. The smallest absolute Gasteiger partial charge is 0.336 e. The number of ether oxygens (including phenoxy) is 3. The van der Waals surface area contributed by atoms with Crippen molar-refractivity contribution < 1.29 is 28.8 Å². The van der Waals surface area contributed by atoms with Crippen LogP contribution in [0.5, 0.6) is 23.3 Å². The molecule has 2 aliphatic carbocycles. The topological polar surface area (TPSA) is 89.0 Å². The zero-order valence-corrected chi connectivity index (χ0v) is 31.2. The van der Waals surface area contributed by atoms with Crippen LogP contribution in [0.15, 0.2) is 85.2 Å². The number of carbonyl (C=O) groups is 1. The number of aryl methyl sites for hydroxylation is 2. The molecule has 1 unspecified atom stereocenters. The number of esters is 1. The van der Waals surface area contributed by atoms with Gasteiger partial charge in [-0.15, -0.1) is 0 Å². The van der Waals surface area contributed by atoms with Gasteiger partial charge in [-0.05, 0) is 91.1 Å². The van der Waals surface area contributed by atoms with E-state index < -0.39 is 5.97 Å². The number of carbonyl (C=O) groups excluding carboxylic acids is 1. The number of fused-ring (bicyclic) bond motifs is 4. The minimum Gasteiger partial charge on any atom is -0.478 e. The molecule has 0 bridgehead atoms. The molecule has 0 amide bonds. The summed E-state index contributed by atoms with van der Waals surface area (Å²) in [4.78, 5) is 33.7. The molecular formula is C45H52N2O6. The summed E-state index contributed by atoms with van der Waals surface area (Å²) in [5.74, 6) is 2.09. The Bertz CT molecular complexity index is 1830. The zero-order valence-electron chi connectivity index (χ0n) is 31.2. The third-order valence-electron chi connectivity index (χ3n) is 10.1. The number of benzene rings is 2. The first-order valence-electron chi connectivity index (χ1n) is 19.4. The van der Waals surface area contributed by atoms with Gasteiger partial charge in [0.2, 0.25) is 11.8 Å². The van der Waals surface area contributed by atoms with Crippen LogP contribution < -0.4 is 19.1 Å². The van der Waals surface area contributed by atoms with E-state index in [2.05, 4.69) is 35.9 Å². The van der Waals surface area contributed by atoms with Crippen molar-refractivity contribution >= 4 is 18.1 Å². The molecule has 2 heterocycles. The Labute approximate surface area is 314 Å². The minimum atomic E-state index is -0.436. The third-order valence-corrected chi connectivity index (χ3v) is 10.1. The molecule has 2 aromatic carbocycles. The molecule has 278 valence electrons. The first-order chi connectivity index (χ1) is 26.1. The van der Waals surface area contributed by atoms with E-state index in [-0.39, 0.29) is 12.0 Å². The SMILES string of the molecule is CCCCCCOc1ccc(C=CCOOc2cccc3c2C2(CC3)CCc3cccc(OC(=O)C=Cc4ccc(OCCCCCC)nc4)c32)cn1. The van der Waals surface area contributed by atoms with Crippen LogP contribution in [0.1, 0.15) is 111 Å². The van der Waals surface area contributed by atoms with Crippen molar-refractivity contribution in [1.82, 2.24) is 9.97 Å². The van der Waals surface area contributed by atoms with Crippen molar-refractivity contribution in [3.63, 3.8) is 0 Å². The fourth-order valence-electron chi connectivity index (χ4n) is 7.45. The molecule has 2 aromatic heterocycles. The number of rotatable bonds is 20. The van der Waals surface area contributed by atoms with Gasteiger partial charge in [-0.2, -0.15) is 4.89 Å². The minimum absolute atomic E-state index is 0.266. The molecule has 6 rings (SSSR count). The fourth-order valence-corrected chi connectivity index (χ4v) is 7.45. The second-order valence-corrected chi connectivity index (χ2v) is 13.9. The van der Waals surface area contributed by atoms with Gasteiger partial charge < -0.3 is 19.1 Å². The van der Waals surface area contributed by atoms with E-state index in [1.165, 1.54) is 49.3 Å². The Hall–Kier alpha value is -4.95. The Kier molecular flexibility index (Phi) is 13.7. The number of nitrogens with zero attached hydrogens (tertiary/aromatic N) is 2. The van der Waals surface area contributed by atoms with Crippen LogP contribution in [0.2, 0.25) is 0 Å². The molecular weight excluding hydrogens is 665 g/mol. The molecule has 8 nitrogen and oxygen atoms in total. The summed E-state index contributed by atoms with van der Waals surface area (Å²) in [6.45, 7) is 6.01. The van der Waals surface area contributed by atoms with E-state index >= 15 is 0 Å². The van der Waals surface area contributed by atoms with Gasteiger partial charge in [-0.25, -0.2) is 14.8 Å². The van der Waals surface area contributed by atoms with Crippen molar-refractivity contribution in [3.8, 4) is 23.3 Å². The quantitative estimate of drug-likeness (QED) is 0.0223. The van der Waals surface area contributed by atoms with E-state index in [9.17, 15) is 4.79 Å². The molecule has 0 N–H and O–H groups in total. The molecule has 1 spiro atoms. The van der Waals surface area contributed by atoms with Gasteiger partial charge in [-0.3, -0.25) is 0 Å². The highest BCUT2D eigenvalue weighted by atomic mass is 17.2. The molecule has 0 aliphatic heterocycles. The van der Waals surface area contributed by atoms with Gasteiger partial charge in [0.25, 0.3) is 0 Å². The maximum Gasteiger partial charge on any atom is 0.336 e. The van der Waals surface area contributed by atoms with Crippen LogP contribution >= 0.6 is 0 Å². The van der Waals surface area contributed by atoms with Crippen LogP contribution in [0.3, 0.4) is 0 Å². The van der Waals surface area contributed by atoms with Crippen LogP contribution in [0.25, 0.3) is 12.2 Å². The average Bonchev–Trinajstić information content (AvgIpc) is 3.76. The zero-order chi connectivity index (χ0) is 36.7. The first kappa shape index (κ1) is 37.8. The molecule has 0 radical (unpaired) electrons. The lowest BCUT2D eigenvalue weighted by atomic mass is 9.76. The third kappa shape index (κ3) is 9.93. The summed E-state index contributed by atoms with van der Waals surface area (Å²) >= 11 is 0. The Morgan fingerprint density at radius 3 is 1.87 bits per heavy atom. The van der Waals surface area contributed by atoms with Gasteiger partial charge in [-0.1, -0.05) is 88.8 Å². The second kappa shape index (κ2) is 19.2. The standard InChI is InChI=1S/C45H52N2O6/c1-3-5-7-9-29-49-40-22-19-34(32-46-40)14-13-31-51-53-39-18-12-16-37-26-28-45(44(37)39)27-25-36-15-11-17-38(43(36)45)52-42(48)24-21-35-20-23-41(47-33-35)50-30-10-8-6-4-2/h11-24,32-33H,3-10,25-31H2,1-2H3. The predicted octanol–water partition coefficient (Wildman–Crippen LogP) is 10.2. The number of aromatic nitrogens is 2. The van der Waals surface area contributed by atoms with Crippen LogP contribution in [-0.4, -0.2) is 35.8 Å². The lowest BCUT2D eigenvalue weighted by Gasteiger charge is -2.29. The van der Waals surface area contributed by atoms with E-state index in [1.54, 1.807) is 18.5 Å². The monoisotopic (exact) mass is 716 g/mol. The highest BCUT2D eigenvalue weighted by Crippen LogP contribution is 2.57. The molecule has 53 heavy (non-hydrogen) atoms. The van der Waals surface area contributed by atoms with Crippen LogP contribution in [-0.2, 0) is 27.9 Å². The Balaban J connectivity index is 1.06. The molecule has 0 saturated heterocycles. The van der Waals surface area contributed by atoms with E-state index in [0.29, 0.717) is 36.5 Å². The second-order valence-electron chi connectivity index (χ2n) is 13.9. The molecule has 1 atom stereocenters. The number of hydrogen-bond donors (Lipinski definition) is 0. The lowest BCUT2D eigenvalue weighted by molar-refractivity contribution is -0.196. The Morgan fingerprint density at radius 2 is 1.28 bits per heavy atom. The fraction of sp³-hybridized carbons (Fsp3) is 0.400. The van der Waals surface area contributed by atoms with Gasteiger partial charge in [0.05, 0.1) is 13.2 Å². The van der Waals surface area contributed by atoms with Crippen molar-refractivity contribution in [2.24, 2.45) is 0 Å². The van der Waals surface area contributed by atoms with E-state index in [4.69, 9.17) is 24.0 Å². The van der Waals surface area contributed by atoms with Crippen molar-refractivity contribution in [2.45, 2.75) is 96.3 Å². The summed E-state index contributed by atoms with van der Waals surface area (Å²) < 4.78 is 17.6. The van der Waals surface area contributed by atoms with Crippen LogP contribution in [0, 0.1) is 0 Å². The van der Waals surface area contributed by atoms with E-state index in [0.717, 1.165) is 67.2 Å². The van der Waals surface area contributed by atoms with Crippen LogP contribution in [0.4, 0.5) is 0 Å². The predicted molar refractivity (Wildman–Crippen MR) is 208 cm³/mol. The highest BCUT2D eigenvalue weighted by molar-refractivity contribution is 5.89. The first-order valence-corrected chi connectivity index (χ1v) is 19.4. The summed E-state index contributed by atoms with van der Waals surface area (Å²) in [6.07, 6.45) is 23.4. The maximum absolute atomic E-state index is 13.2. The van der Waals surface area contributed by atoms with Crippen molar-refractivity contribution in [1.29, 1.82) is 0 Å². The lowest BCUT2D eigenvalue weighted by Crippen LogP contribution is -2.24. The van der Waals surface area contributed by atoms with Gasteiger partial charge in [0.15, 0.2) is 5.75 Å². The van der Waals surface area contributed by atoms with Gasteiger partial charge >= 0.3 is 5.97 Å². The summed E-state index contributed by atoms with van der Waals surface area (Å²) in [6, 6.07) is 19.7. The average molecular weight is 717 g/mol. The summed E-state index contributed by atoms with van der Waals surface area (Å²) in [5.41, 5.74) is 6.04.